The zero-order valence-electron chi connectivity index (χ0n) is 19.1. The molecule has 1 heterocycles. The summed E-state index contributed by atoms with van der Waals surface area (Å²) in [6.45, 7) is 9.13. The van der Waals surface area contributed by atoms with Gasteiger partial charge in [0.1, 0.15) is 0 Å². The third-order valence-electron chi connectivity index (χ3n) is 6.16. The molecule has 0 aromatic heterocycles. The van der Waals surface area contributed by atoms with Gasteiger partial charge in [-0.05, 0) is 57.7 Å². The minimum atomic E-state index is -0.585. The summed E-state index contributed by atoms with van der Waals surface area (Å²) in [5, 5.41) is 2.84. The Morgan fingerprint density at radius 2 is 1.53 bits per heavy atom. The number of rotatable bonds is 4. The summed E-state index contributed by atoms with van der Waals surface area (Å²) in [6, 6.07) is 7.29. The highest BCUT2D eigenvalue weighted by atomic mass is 16.6. The van der Waals surface area contributed by atoms with Crippen LogP contribution in [0.1, 0.15) is 58.1 Å². The first-order chi connectivity index (χ1) is 15.2. The first-order valence-corrected chi connectivity index (χ1v) is 11.2. The molecule has 4 atom stereocenters. The molecule has 1 aromatic carbocycles. The van der Waals surface area contributed by atoms with Crippen molar-refractivity contribution in [3.05, 3.63) is 41.5 Å². The molecule has 2 aliphatic carbocycles. The number of nitrogens with zero attached hydrogens (tertiary/aromatic N) is 2. The van der Waals surface area contributed by atoms with Crippen LogP contribution in [-0.4, -0.2) is 59.1 Å². The van der Waals surface area contributed by atoms with Crippen molar-refractivity contribution in [3.8, 4) is 0 Å². The average Bonchev–Trinajstić information content (AvgIpc) is 3.36. The number of carbonyl (C=O) groups excluding carboxylic acids is 3. The smallest absolute Gasteiger partial charge is 0.429 e. The number of fused-ring (bicyclic) bond motifs is 7. The number of esters is 1. The Kier molecular flexibility index (Phi) is 5.88. The Bertz CT molecular complexity index is 956. The molecule has 1 aliphatic heterocycles. The van der Waals surface area contributed by atoms with Crippen molar-refractivity contribution in [2.75, 3.05) is 6.61 Å². The van der Waals surface area contributed by atoms with Crippen molar-refractivity contribution in [3.63, 3.8) is 0 Å². The number of carbonyl (C=O) groups is 3. The molecule has 1 saturated heterocycles. The van der Waals surface area contributed by atoms with Gasteiger partial charge in [-0.2, -0.15) is 0 Å². The molecule has 8 heteroatoms. The van der Waals surface area contributed by atoms with E-state index in [1.807, 2.05) is 24.3 Å². The van der Waals surface area contributed by atoms with Gasteiger partial charge in [-0.25, -0.2) is 24.4 Å². The van der Waals surface area contributed by atoms with Crippen molar-refractivity contribution >= 4 is 23.7 Å². The van der Waals surface area contributed by atoms with Crippen LogP contribution in [0.2, 0.25) is 0 Å². The maximum Gasteiger partial charge on any atom is 0.429 e. The molecule has 172 valence electrons. The van der Waals surface area contributed by atoms with E-state index in [1.54, 1.807) is 34.6 Å². The first-order valence-electron chi connectivity index (χ1n) is 11.2. The van der Waals surface area contributed by atoms with Gasteiger partial charge < -0.3 is 14.2 Å². The third-order valence-corrected chi connectivity index (χ3v) is 6.16. The van der Waals surface area contributed by atoms with Gasteiger partial charge in [0, 0.05) is 17.9 Å². The van der Waals surface area contributed by atoms with Crippen LogP contribution >= 0.6 is 0 Å². The normalized spacial score (nSPS) is 26.5. The molecule has 32 heavy (non-hydrogen) atoms. The molecule has 1 aromatic rings. The van der Waals surface area contributed by atoms with Gasteiger partial charge >= 0.3 is 18.2 Å². The Morgan fingerprint density at radius 1 is 0.969 bits per heavy atom. The fourth-order valence-corrected chi connectivity index (χ4v) is 5.32. The lowest BCUT2D eigenvalue weighted by Crippen LogP contribution is -2.58. The number of hydrogen-bond donors (Lipinski definition) is 0. The number of hydrogen-bond acceptors (Lipinski definition) is 6. The topological polar surface area (TPSA) is 85.4 Å². The lowest BCUT2D eigenvalue weighted by molar-refractivity contribution is -0.137. The Balaban J connectivity index is 1.78. The summed E-state index contributed by atoms with van der Waals surface area (Å²) in [4.78, 5) is 38.5. The molecule has 0 unspecified atom stereocenters. The van der Waals surface area contributed by atoms with E-state index in [1.165, 1.54) is 16.1 Å². The van der Waals surface area contributed by atoms with E-state index in [-0.39, 0.29) is 42.7 Å². The van der Waals surface area contributed by atoms with Gasteiger partial charge in [0.15, 0.2) is 0 Å². The van der Waals surface area contributed by atoms with E-state index in [4.69, 9.17) is 14.2 Å². The van der Waals surface area contributed by atoms with Gasteiger partial charge in [0.2, 0.25) is 0 Å². The second-order valence-electron chi connectivity index (χ2n) is 8.92. The van der Waals surface area contributed by atoms with Crippen LogP contribution in [0, 0.1) is 5.92 Å². The standard InChI is InChI=1S/C24H30N2O6/c1-6-30-20(27)11-17-15-9-7-8-10-16(15)21-18-12-19(22(17)21)26(24(29)32-14(4)5)25(18)23(28)31-13(2)3/h7-11,13-14,18-19,21-22H,6,12H2,1-5H3/b17-11+/t18-,19+,21+,22-/m0/s1. The van der Waals surface area contributed by atoms with Crippen molar-refractivity contribution in [2.24, 2.45) is 5.92 Å². The van der Waals surface area contributed by atoms with Crippen LogP contribution < -0.4 is 0 Å². The Hall–Kier alpha value is -3.03. The number of amides is 2. The Labute approximate surface area is 188 Å². The van der Waals surface area contributed by atoms with Crippen molar-refractivity contribution in [2.45, 2.75) is 71.2 Å². The second kappa shape index (κ2) is 8.48. The minimum Gasteiger partial charge on any atom is -0.463 e. The quantitative estimate of drug-likeness (QED) is 0.396. The van der Waals surface area contributed by atoms with Crippen LogP contribution in [0.15, 0.2) is 30.3 Å². The lowest BCUT2D eigenvalue weighted by atomic mass is 9.88. The van der Waals surface area contributed by atoms with Crippen molar-refractivity contribution in [1.82, 2.24) is 10.0 Å². The maximum absolute atomic E-state index is 13.1. The highest BCUT2D eigenvalue weighted by molar-refractivity contribution is 5.95. The molecule has 8 nitrogen and oxygen atoms in total. The van der Waals surface area contributed by atoms with E-state index < -0.39 is 18.2 Å². The molecule has 4 rings (SSSR count). The summed E-state index contributed by atoms with van der Waals surface area (Å²) in [6.07, 6.45) is 0.317. The van der Waals surface area contributed by atoms with Crippen molar-refractivity contribution in [1.29, 1.82) is 0 Å². The summed E-state index contributed by atoms with van der Waals surface area (Å²) in [5.74, 6) is -0.586. The van der Waals surface area contributed by atoms with E-state index in [9.17, 15) is 14.4 Å². The maximum atomic E-state index is 13.1. The molecular formula is C24H30N2O6. The highest BCUT2D eigenvalue weighted by Gasteiger charge is 2.64. The third kappa shape index (κ3) is 3.61. The van der Waals surface area contributed by atoms with Crippen LogP contribution in [-0.2, 0) is 19.0 Å². The second-order valence-corrected chi connectivity index (χ2v) is 8.92. The zero-order chi connectivity index (χ0) is 23.2. The van der Waals surface area contributed by atoms with E-state index >= 15 is 0 Å². The summed E-state index contributed by atoms with van der Waals surface area (Å²) < 4.78 is 16.1. The molecule has 2 fully saturated rings. The molecule has 2 bridgehead atoms. The molecule has 0 spiro atoms. The number of ether oxygens (including phenoxy) is 3. The largest absolute Gasteiger partial charge is 0.463 e. The molecular weight excluding hydrogens is 412 g/mol. The fraction of sp³-hybridized carbons (Fsp3) is 0.542. The van der Waals surface area contributed by atoms with Gasteiger partial charge in [0.25, 0.3) is 0 Å². The van der Waals surface area contributed by atoms with Crippen LogP contribution in [0.5, 0.6) is 0 Å². The van der Waals surface area contributed by atoms with Gasteiger partial charge in [-0.3, -0.25) is 0 Å². The first kappa shape index (κ1) is 22.2. The minimum absolute atomic E-state index is 0.0420. The van der Waals surface area contributed by atoms with Gasteiger partial charge in [0.05, 0.1) is 30.9 Å². The predicted octanol–water partition coefficient (Wildman–Crippen LogP) is 4.11. The SMILES string of the molecule is CCOC(=O)/C=C1\c2ccccc2[C@H]2[C@@H]1[C@H]1C[C@@H]2N(C(=O)OC(C)C)N1C(=O)OC(C)C. The summed E-state index contributed by atoms with van der Waals surface area (Å²) in [5.41, 5.74) is 2.87. The van der Waals surface area contributed by atoms with Crippen molar-refractivity contribution < 1.29 is 28.6 Å². The van der Waals surface area contributed by atoms with Crippen LogP contribution in [0.3, 0.4) is 0 Å². The highest BCUT2D eigenvalue weighted by Crippen LogP contribution is 2.60. The zero-order valence-corrected chi connectivity index (χ0v) is 19.1. The monoisotopic (exact) mass is 442 g/mol. The van der Waals surface area contributed by atoms with Gasteiger partial charge in [-0.1, -0.05) is 24.3 Å². The molecule has 2 amide bonds. The predicted molar refractivity (Wildman–Crippen MR) is 116 cm³/mol. The molecule has 3 aliphatic rings. The molecule has 1 saturated carbocycles. The number of benzene rings is 1. The van der Waals surface area contributed by atoms with E-state index in [0.717, 1.165) is 16.7 Å². The lowest BCUT2D eigenvalue weighted by Gasteiger charge is -2.42. The van der Waals surface area contributed by atoms with E-state index in [0.29, 0.717) is 6.42 Å². The fourth-order valence-electron chi connectivity index (χ4n) is 5.32. The Morgan fingerprint density at radius 3 is 2.09 bits per heavy atom. The molecule has 0 N–H and O–H groups in total. The van der Waals surface area contributed by atoms with Crippen LogP contribution in [0.4, 0.5) is 9.59 Å². The average molecular weight is 443 g/mol. The van der Waals surface area contributed by atoms with Gasteiger partial charge in [-0.15, -0.1) is 0 Å². The van der Waals surface area contributed by atoms with E-state index in [2.05, 4.69) is 0 Å². The summed E-state index contributed by atoms with van der Waals surface area (Å²) >= 11 is 0. The molecule has 0 radical (unpaired) electrons. The summed E-state index contributed by atoms with van der Waals surface area (Å²) in [7, 11) is 0. The van der Waals surface area contributed by atoms with Crippen LogP contribution in [0.25, 0.3) is 5.57 Å². The number of hydrazine groups is 1.